The van der Waals surface area contributed by atoms with E-state index in [4.69, 9.17) is 0 Å². The van der Waals surface area contributed by atoms with Crippen LogP contribution in [0, 0.1) is 17.6 Å². The summed E-state index contributed by atoms with van der Waals surface area (Å²) in [5, 5.41) is 0. The first kappa shape index (κ1) is 18.5. The molecule has 0 aliphatic rings. The molecule has 0 saturated carbocycles. The van der Waals surface area contributed by atoms with Crippen LogP contribution in [0.25, 0.3) is 0 Å². The van der Waals surface area contributed by atoms with Crippen molar-refractivity contribution in [2.75, 3.05) is 19.9 Å². The zero-order valence-corrected chi connectivity index (χ0v) is 13.7. The van der Waals surface area contributed by atoms with Crippen LogP contribution in [0.1, 0.15) is 25.5 Å². The molecule has 124 valence electrons. The summed E-state index contributed by atoms with van der Waals surface area (Å²) < 4.78 is 56.9. The zero-order chi connectivity index (χ0) is 17.1. The lowest BCUT2D eigenvalue weighted by molar-refractivity contribution is -0.144. The monoisotopic (exact) mass is 335 g/mol. The normalized spacial score (nSPS) is 14.7. The van der Waals surface area contributed by atoms with Gasteiger partial charge in [0, 0.05) is 18.7 Å². The second-order valence-corrected chi connectivity index (χ2v) is 7.13. The summed E-state index contributed by atoms with van der Waals surface area (Å²) in [5.41, 5.74) is -0.0724. The summed E-state index contributed by atoms with van der Waals surface area (Å²) >= 11 is 0. The maximum atomic E-state index is 13.8. The molecule has 1 aromatic rings. The van der Waals surface area contributed by atoms with Gasteiger partial charge in [-0.15, -0.1) is 0 Å². The SMILES string of the molecule is COC(=O)[C@@H](C)CS(=O)(=O)N(C)[C@H](C)c1cc(F)ccc1F. The molecule has 0 N–H and O–H groups in total. The largest absolute Gasteiger partial charge is 0.469 e. The van der Waals surface area contributed by atoms with Gasteiger partial charge in [0.05, 0.1) is 18.8 Å². The number of sulfonamides is 1. The predicted octanol–water partition coefficient (Wildman–Crippen LogP) is 2.10. The Labute approximate surface area is 128 Å². The van der Waals surface area contributed by atoms with E-state index in [1.165, 1.54) is 28.0 Å². The minimum Gasteiger partial charge on any atom is -0.469 e. The summed E-state index contributed by atoms with van der Waals surface area (Å²) in [6.45, 7) is 2.86. The fraction of sp³-hybridized carbons (Fsp3) is 0.500. The smallest absolute Gasteiger partial charge is 0.309 e. The molecule has 0 unspecified atom stereocenters. The van der Waals surface area contributed by atoms with Crippen molar-refractivity contribution in [3.8, 4) is 0 Å². The number of rotatable bonds is 6. The topological polar surface area (TPSA) is 63.7 Å². The van der Waals surface area contributed by atoms with Crippen molar-refractivity contribution in [1.82, 2.24) is 4.31 Å². The van der Waals surface area contributed by atoms with Crippen molar-refractivity contribution in [3.05, 3.63) is 35.4 Å². The van der Waals surface area contributed by atoms with Crippen LogP contribution in [0.2, 0.25) is 0 Å². The molecular formula is C14H19F2NO4S. The molecule has 0 aliphatic heterocycles. The summed E-state index contributed by atoms with van der Waals surface area (Å²) in [5.74, 6) is -3.34. The van der Waals surface area contributed by atoms with Crippen LogP contribution in [0.4, 0.5) is 8.78 Å². The zero-order valence-electron chi connectivity index (χ0n) is 12.8. The van der Waals surface area contributed by atoms with E-state index >= 15 is 0 Å². The Morgan fingerprint density at radius 2 is 1.91 bits per heavy atom. The van der Waals surface area contributed by atoms with Crippen molar-refractivity contribution in [1.29, 1.82) is 0 Å². The fourth-order valence-electron chi connectivity index (χ4n) is 1.97. The Morgan fingerprint density at radius 1 is 1.32 bits per heavy atom. The standard InChI is InChI=1S/C14H19F2NO4S/c1-9(14(18)21-4)8-22(19,20)17(3)10(2)12-7-11(15)5-6-13(12)16/h5-7,9-10H,8H2,1-4H3/t9-,10+/m0/s1. The van der Waals surface area contributed by atoms with Crippen molar-refractivity contribution < 1.29 is 26.7 Å². The minimum atomic E-state index is -3.85. The molecule has 1 rings (SSSR count). The Balaban J connectivity index is 3.00. The van der Waals surface area contributed by atoms with Crippen LogP contribution in [-0.4, -0.2) is 38.6 Å². The lowest BCUT2D eigenvalue weighted by atomic mass is 10.1. The van der Waals surface area contributed by atoms with Gasteiger partial charge in [-0.05, 0) is 25.1 Å². The minimum absolute atomic E-state index is 0.0724. The van der Waals surface area contributed by atoms with Gasteiger partial charge in [-0.25, -0.2) is 17.2 Å². The van der Waals surface area contributed by atoms with Crippen LogP contribution < -0.4 is 0 Å². The van der Waals surface area contributed by atoms with Crippen LogP contribution >= 0.6 is 0 Å². The molecule has 0 amide bonds. The van der Waals surface area contributed by atoms with Crippen molar-refractivity contribution in [3.63, 3.8) is 0 Å². The second kappa shape index (κ2) is 7.15. The van der Waals surface area contributed by atoms with Gasteiger partial charge in [0.1, 0.15) is 11.6 Å². The van der Waals surface area contributed by atoms with Gasteiger partial charge in [-0.1, -0.05) is 6.92 Å². The average molecular weight is 335 g/mol. The fourth-order valence-corrected chi connectivity index (χ4v) is 3.57. The highest BCUT2D eigenvalue weighted by molar-refractivity contribution is 7.89. The second-order valence-electron chi connectivity index (χ2n) is 5.06. The first-order chi connectivity index (χ1) is 10.1. The Morgan fingerprint density at radius 3 is 2.45 bits per heavy atom. The third kappa shape index (κ3) is 4.23. The first-order valence-electron chi connectivity index (χ1n) is 6.58. The van der Waals surface area contributed by atoms with Crippen molar-refractivity contribution in [2.45, 2.75) is 19.9 Å². The Hall–Kier alpha value is -1.54. The Kier molecular flexibility index (Phi) is 6.01. The molecule has 0 bridgehead atoms. The number of halogens is 2. The Bertz CT molecular complexity index is 648. The average Bonchev–Trinajstić information content (AvgIpc) is 2.46. The number of hydrogen-bond acceptors (Lipinski definition) is 4. The third-order valence-electron chi connectivity index (χ3n) is 3.46. The quantitative estimate of drug-likeness (QED) is 0.747. The van der Waals surface area contributed by atoms with E-state index in [1.54, 1.807) is 0 Å². The summed E-state index contributed by atoms with van der Waals surface area (Å²) in [7, 11) is -1.42. The highest BCUT2D eigenvalue weighted by Crippen LogP contribution is 2.25. The number of methoxy groups -OCH3 is 1. The van der Waals surface area contributed by atoms with E-state index in [1.807, 2.05) is 0 Å². The highest BCUT2D eigenvalue weighted by Gasteiger charge is 2.30. The third-order valence-corrected chi connectivity index (χ3v) is 5.57. The van der Waals surface area contributed by atoms with Gasteiger partial charge in [0.25, 0.3) is 0 Å². The molecule has 0 saturated heterocycles. The molecule has 0 radical (unpaired) electrons. The molecule has 0 aliphatic carbocycles. The van der Waals surface area contributed by atoms with Gasteiger partial charge in [0.2, 0.25) is 10.0 Å². The molecule has 1 aromatic carbocycles. The van der Waals surface area contributed by atoms with Gasteiger partial charge in [-0.3, -0.25) is 4.79 Å². The van der Waals surface area contributed by atoms with Crippen LogP contribution in [-0.2, 0) is 19.6 Å². The van der Waals surface area contributed by atoms with Crippen molar-refractivity contribution >= 4 is 16.0 Å². The number of benzene rings is 1. The molecule has 0 fully saturated rings. The molecule has 8 heteroatoms. The van der Waals surface area contributed by atoms with E-state index in [-0.39, 0.29) is 5.56 Å². The molecule has 22 heavy (non-hydrogen) atoms. The molecule has 2 atom stereocenters. The summed E-state index contributed by atoms with van der Waals surface area (Å²) in [6.07, 6.45) is 0. The predicted molar refractivity (Wildman–Crippen MR) is 77.5 cm³/mol. The van der Waals surface area contributed by atoms with E-state index in [0.717, 1.165) is 22.5 Å². The molecule has 0 aromatic heterocycles. The first-order valence-corrected chi connectivity index (χ1v) is 8.19. The van der Waals surface area contributed by atoms with Gasteiger partial charge in [0.15, 0.2) is 0 Å². The summed E-state index contributed by atoms with van der Waals surface area (Å²) in [6, 6.07) is 1.94. The van der Waals surface area contributed by atoms with E-state index in [9.17, 15) is 22.0 Å². The molecule has 5 nitrogen and oxygen atoms in total. The van der Waals surface area contributed by atoms with Gasteiger partial charge >= 0.3 is 5.97 Å². The number of nitrogens with zero attached hydrogens (tertiary/aromatic N) is 1. The summed E-state index contributed by atoms with van der Waals surface area (Å²) in [4.78, 5) is 11.3. The maximum Gasteiger partial charge on any atom is 0.309 e. The number of hydrogen-bond donors (Lipinski definition) is 0. The number of ether oxygens (including phenoxy) is 1. The van der Waals surface area contributed by atoms with Gasteiger partial charge < -0.3 is 4.74 Å². The van der Waals surface area contributed by atoms with Crippen molar-refractivity contribution in [2.24, 2.45) is 5.92 Å². The lowest BCUT2D eigenvalue weighted by Crippen LogP contribution is -2.36. The number of carbonyl (C=O) groups is 1. The highest BCUT2D eigenvalue weighted by atomic mass is 32.2. The number of esters is 1. The van der Waals surface area contributed by atoms with Crippen LogP contribution in [0.3, 0.4) is 0 Å². The van der Waals surface area contributed by atoms with Crippen LogP contribution in [0.15, 0.2) is 18.2 Å². The molecule has 0 heterocycles. The number of carbonyl (C=O) groups excluding carboxylic acids is 1. The van der Waals surface area contributed by atoms with E-state index in [0.29, 0.717) is 0 Å². The van der Waals surface area contributed by atoms with Gasteiger partial charge in [-0.2, -0.15) is 4.31 Å². The van der Waals surface area contributed by atoms with Crippen LogP contribution in [0.5, 0.6) is 0 Å². The lowest BCUT2D eigenvalue weighted by Gasteiger charge is -2.26. The van der Waals surface area contributed by atoms with E-state index in [2.05, 4.69) is 4.74 Å². The van der Waals surface area contributed by atoms with E-state index < -0.39 is 45.3 Å². The maximum absolute atomic E-state index is 13.8. The molecular weight excluding hydrogens is 316 g/mol. The molecule has 0 spiro atoms.